The summed E-state index contributed by atoms with van der Waals surface area (Å²) in [5.74, 6) is -0.538. The molecule has 4 nitrogen and oxygen atoms in total. The van der Waals surface area contributed by atoms with E-state index < -0.39 is 0 Å². The van der Waals surface area contributed by atoms with Crippen molar-refractivity contribution in [3.8, 4) is 0 Å². The Balaban J connectivity index is 2.79. The van der Waals surface area contributed by atoms with Gasteiger partial charge in [0.05, 0.1) is 13.0 Å². The number of carbonyl (C=O) groups excluding carboxylic acids is 2. The number of esters is 1. The molecule has 98 valence electrons. The summed E-state index contributed by atoms with van der Waals surface area (Å²) in [5.41, 5.74) is 1.52. The van der Waals surface area contributed by atoms with Crippen LogP contribution >= 0.6 is 11.6 Å². The van der Waals surface area contributed by atoms with Crippen molar-refractivity contribution in [3.63, 3.8) is 0 Å². The van der Waals surface area contributed by atoms with E-state index in [1.54, 1.807) is 32.2 Å². The number of rotatable bonds is 5. The minimum absolute atomic E-state index is 0.0708. The van der Waals surface area contributed by atoms with Crippen molar-refractivity contribution in [3.05, 3.63) is 29.8 Å². The molecule has 18 heavy (non-hydrogen) atoms. The SMILES string of the molecule is CCOC(=O)Cc1cccc(N(C)C(=O)CCl)c1. The Labute approximate surface area is 111 Å². The lowest BCUT2D eigenvalue weighted by Gasteiger charge is -2.16. The molecule has 0 bridgehead atoms. The minimum atomic E-state index is -0.277. The number of anilines is 1. The smallest absolute Gasteiger partial charge is 0.310 e. The first-order valence-electron chi connectivity index (χ1n) is 5.65. The number of hydrogen-bond donors (Lipinski definition) is 0. The molecule has 1 aromatic rings. The van der Waals surface area contributed by atoms with Crippen LogP contribution in [0.15, 0.2) is 24.3 Å². The van der Waals surface area contributed by atoms with E-state index in [0.717, 1.165) is 5.56 Å². The number of alkyl halides is 1. The molecular formula is C13H16ClNO3. The Bertz CT molecular complexity index is 434. The van der Waals surface area contributed by atoms with E-state index in [1.165, 1.54) is 4.90 Å². The van der Waals surface area contributed by atoms with Gasteiger partial charge in [-0.1, -0.05) is 12.1 Å². The second-order valence-electron chi connectivity index (χ2n) is 3.74. The van der Waals surface area contributed by atoms with Crippen molar-refractivity contribution in [2.75, 3.05) is 24.4 Å². The van der Waals surface area contributed by atoms with Crippen LogP contribution in [0.4, 0.5) is 5.69 Å². The maximum Gasteiger partial charge on any atom is 0.310 e. The Morgan fingerprint density at radius 1 is 1.39 bits per heavy atom. The van der Waals surface area contributed by atoms with Crippen LogP contribution < -0.4 is 4.90 Å². The van der Waals surface area contributed by atoms with Crippen LogP contribution in [0.1, 0.15) is 12.5 Å². The largest absolute Gasteiger partial charge is 0.466 e. The summed E-state index contributed by atoms with van der Waals surface area (Å²) in [5, 5.41) is 0. The third-order valence-electron chi connectivity index (χ3n) is 2.44. The van der Waals surface area contributed by atoms with Crippen molar-refractivity contribution >= 4 is 29.2 Å². The fourth-order valence-corrected chi connectivity index (χ4v) is 1.67. The van der Waals surface area contributed by atoms with Crippen LogP contribution in [0.5, 0.6) is 0 Å². The predicted octanol–water partition coefficient (Wildman–Crippen LogP) is 1.99. The number of ether oxygens (including phenoxy) is 1. The quantitative estimate of drug-likeness (QED) is 0.607. The molecule has 0 saturated carbocycles. The second-order valence-corrected chi connectivity index (χ2v) is 4.01. The normalized spacial score (nSPS) is 9.94. The molecule has 0 spiro atoms. The summed E-state index contributed by atoms with van der Waals surface area (Å²) < 4.78 is 4.87. The Morgan fingerprint density at radius 3 is 2.72 bits per heavy atom. The van der Waals surface area contributed by atoms with Crippen molar-refractivity contribution < 1.29 is 14.3 Å². The zero-order valence-corrected chi connectivity index (χ0v) is 11.2. The molecule has 0 saturated heterocycles. The first-order chi connectivity index (χ1) is 8.58. The molecule has 0 unspecified atom stereocenters. The second kappa shape index (κ2) is 7.01. The fraction of sp³-hybridized carbons (Fsp3) is 0.385. The molecule has 0 radical (unpaired) electrons. The molecule has 0 atom stereocenters. The molecule has 0 aliphatic heterocycles. The maximum atomic E-state index is 11.5. The zero-order valence-electron chi connectivity index (χ0n) is 10.5. The van der Waals surface area contributed by atoms with E-state index in [2.05, 4.69) is 0 Å². The molecule has 0 aromatic heterocycles. The average molecular weight is 270 g/mol. The first-order valence-corrected chi connectivity index (χ1v) is 6.19. The standard InChI is InChI=1S/C13H16ClNO3/c1-3-18-13(17)8-10-5-4-6-11(7-10)15(2)12(16)9-14/h4-7H,3,8-9H2,1-2H3. The third-order valence-corrected chi connectivity index (χ3v) is 2.67. The van der Waals surface area contributed by atoms with Crippen molar-refractivity contribution in [2.24, 2.45) is 0 Å². The van der Waals surface area contributed by atoms with Gasteiger partial charge in [-0.15, -0.1) is 11.6 Å². The van der Waals surface area contributed by atoms with Gasteiger partial charge in [0.1, 0.15) is 5.88 Å². The van der Waals surface area contributed by atoms with Crippen LogP contribution in [0.2, 0.25) is 0 Å². The molecule has 0 aliphatic carbocycles. The highest BCUT2D eigenvalue weighted by atomic mass is 35.5. The van der Waals surface area contributed by atoms with Gasteiger partial charge >= 0.3 is 5.97 Å². The summed E-state index contributed by atoms with van der Waals surface area (Å²) in [6.45, 7) is 2.13. The van der Waals surface area contributed by atoms with E-state index >= 15 is 0 Å². The number of halogens is 1. The fourth-order valence-electron chi connectivity index (χ4n) is 1.49. The zero-order chi connectivity index (χ0) is 13.5. The van der Waals surface area contributed by atoms with Crippen molar-refractivity contribution in [2.45, 2.75) is 13.3 Å². The Kier molecular flexibility index (Phi) is 5.65. The number of hydrogen-bond acceptors (Lipinski definition) is 3. The number of benzene rings is 1. The van der Waals surface area contributed by atoms with Crippen LogP contribution in [0.25, 0.3) is 0 Å². The molecule has 1 amide bonds. The summed E-state index contributed by atoms with van der Waals surface area (Å²) in [7, 11) is 1.65. The number of amides is 1. The van der Waals surface area contributed by atoms with Gasteiger partial charge < -0.3 is 9.64 Å². The van der Waals surface area contributed by atoms with Gasteiger partial charge in [-0.3, -0.25) is 9.59 Å². The van der Waals surface area contributed by atoms with Crippen molar-refractivity contribution in [1.29, 1.82) is 0 Å². The van der Waals surface area contributed by atoms with E-state index in [1.807, 2.05) is 6.07 Å². The van der Waals surface area contributed by atoms with E-state index in [-0.39, 0.29) is 24.2 Å². The Morgan fingerprint density at radius 2 is 2.11 bits per heavy atom. The summed E-state index contributed by atoms with van der Waals surface area (Å²) in [6.07, 6.45) is 0.199. The van der Waals surface area contributed by atoms with Crippen LogP contribution in [-0.4, -0.2) is 31.4 Å². The van der Waals surface area contributed by atoms with Gasteiger partial charge in [0, 0.05) is 12.7 Å². The van der Waals surface area contributed by atoms with E-state index in [9.17, 15) is 9.59 Å². The van der Waals surface area contributed by atoms with Crippen LogP contribution in [0.3, 0.4) is 0 Å². The van der Waals surface area contributed by atoms with E-state index in [4.69, 9.17) is 16.3 Å². The lowest BCUT2D eigenvalue weighted by atomic mass is 10.1. The number of carbonyl (C=O) groups is 2. The highest BCUT2D eigenvalue weighted by molar-refractivity contribution is 6.29. The molecule has 0 heterocycles. The molecule has 0 aliphatic rings. The molecule has 0 N–H and O–H groups in total. The summed E-state index contributed by atoms with van der Waals surface area (Å²) >= 11 is 5.50. The molecule has 0 fully saturated rings. The van der Waals surface area contributed by atoms with Gasteiger partial charge in [0.15, 0.2) is 0 Å². The highest BCUT2D eigenvalue weighted by Gasteiger charge is 2.11. The highest BCUT2D eigenvalue weighted by Crippen LogP contribution is 2.16. The number of nitrogens with zero attached hydrogens (tertiary/aromatic N) is 1. The predicted molar refractivity (Wildman–Crippen MR) is 70.9 cm³/mol. The average Bonchev–Trinajstić information content (AvgIpc) is 2.37. The molecular weight excluding hydrogens is 254 g/mol. The lowest BCUT2D eigenvalue weighted by Crippen LogP contribution is -2.27. The van der Waals surface area contributed by atoms with Gasteiger partial charge in [0.25, 0.3) is 0 Å². The van der Waals surface area contributed by atoms with Gasteiger partial charge in [-0.05, 0) is 24.6 Å². The van der Waals surface area contributed by atoms with Gasteiger partial charge in [-0.25, -0.2) is 0 Å². The van der Waals surface area contributed by atoms with Crippen LogP contribution in [0, 0.1) is 0 Å². The minimum Gasteiger partial charge on any atom is -0.466 e. The topological polar surface area (TPSA) is 46.6 Å². The summed E-state index contributed by atoms with van der Waals surface area (Å²) in [6, 6.07) is 7.18. The molecule has 1 aromatic carbocycles. The van der Waals surface area contributed by atoms with Crippen molar-refractivity contribution in [1.82, 2.24) is 0 Å². The first kappa shape index (κ1) is 14.5. The summed E-state index contributed by atoms with van der Waals surface area (Å²) in [4.78, 5) is 24.3. The monoisotopic (exact) mass is 269 g/mol. The Hall–Kier alpha value is -1.55. The maximum absolute atomic E-state index is 11.5. The van der Waals surface area contributed by atoms with Crippen LogP contribution in [-0.2, 0) is 20.7 Å². The third kappa shape index (κ3) is 4.04. The van der Waals surface area contributed by atoms with E-state index in [0.29, 0.717) is 12.3 Å². The lowest BCUT2D eigenvalue weighted by molar-refractivity contribution is -0.142. The van der Waals surface area contributed by atoms with Gasteiger partial charge in [-0.2, -0.15) is 0 Å². The molecule has 1 rings (SSSR count). The van der Waals surface area contributed by atoms with Gasteiger partial charge in [0.2, 0.25) is 5.91 Å². The molecule has 5 heteroatoms.